The van der Waals surface area contributed by atoms with Crippen LogP contribution in [0.5, 0.6) is 0 Å². The molecule has 4 aliphatic rings. The van der Waals surface area contributed by atoms with Crippen LogP contribution in [0, 0.1) is 34.5 Å². The molecule has 0 aliphatic heterocycles. The van der Waals surface area contributed by atoms with Gasteiger partial charge in [-0.15, -0.1) is 0 Å². The molecule has 1 amide bonds. The Bertz CT molecular complexity index is 929. The van der Waals surface area contributed by atoms with Gasteiger partial charge in [0.1, 0.15) is 0 Å². The van der Waals surface area contributed by atoms with E-state index in [-0.39, 0.29) is 5.91 Å². The minimum atomic E-state index is -0.0212. The van der Waals surface area contributed by atoms with Crippen LogP contribution in [-0.2, 0) is 0 Å². The van der Waals surface area contributed by atoms with Crippen LogP contribution in [0.3, 0.4) is 0 Å². The number of aromatic nitrogens is 2. The molecule has 1 N–H and O–H groups in total. The number of nitrogens with one attached hydrogen (secondary N) is 1. The molecule has 4 fully saturated rings. The summed E-state index contributed by atoms with van der Waals surface area (Å²) in [5, 5.41) is 16.4. The Morgan fingerprint density at radius 1 is 1.30 bits per heavy atom. The number of amides is 1. The molecule has 0 unspecified atom stereocenters. The SMILES string of the molecule is N#C/C=C/c1cc2c(C(=O)NCC34CC5CC(CC(C5)C3)C4)cccn2n1. The summed E-state index contributed by atoms with van der Waals surface area (Å²) in [6.07, 6.45) is 13.0. The number of hydrogen-bond acceptors (Lipinski definition) is 3. The lowest BCUT2D eigenvalue weighted by Crippen LogP contribution is -2.51. The second-order valence-corrected chi connectivity index (χ2v) is 8.88. The molecule has 138 valence electrons. The highest BCUT2D eigenvalue weighted by Gasteiger charge is 2.50. The number of carbonyl (C=O) groups excluding carboxylic acids is 1. The van der Waals surface area contributed by atoms with Gasteiger partial charge in [0.2, 0.25) is 0 Å². The zero-order chi connectivity index (χ0) is 18.4. The number of nitrogens with zero attached hydrogens (tertiary/aromatic N) is 3. The topological polar surface area (TPSA) is 70.2 Å². The highest BCUT2D eigenvalue weighted by atomic mass is 16.1. The largest absolute Gasteiger partial charge is 0.351 e. The number of pyridine rings is 1. The zero-order valence-electron chi connectivity index (χ0n) is 15.4. The molecule has 2 heterocycles. The highest BCUT2D eigenvalue weighted by Crippen LogP contribution is 2.59. The van der Waals surface area contributed by atoms with Gasteiger partial charge in [-0.1, -0.05) is 0 Å². The molecular weight excluding hydrogens is 336 g/mol. The number of carbonyl (C=O) groups is 1. The van der Waals surface area contributed by atoms with Crippen molar-refractivity contribution in [3.8, 4) is 6.07 Å². The Morgan fingerprint density at radius 3 is 2.67 bits per heavy atom. The fourth-order valence-electron chi connectivity index (χ4n) is 6.30. The molecule has 27 heavy (non-hydrogen) atoms. The second-order valence-electron chi connectivity index (χ2n) is 8.88. The van der Waals surface area contributed by atoms with Gasteiger partial charge in [-0.05, 0) is 86.0 Å². The van der Waals surface area contributed by atoms with Crippen molar-refractivity contribution in [3.05, 3.63) is 41.7 Å². The minimum absolute atomic E-state index is 0.0212. The average molecular weight is 360 g/mol. The van der Waals surface area contributed by atoms with Crippen LogP contribution in [0.4, 0.5) is 0 Å². The van der Waals surface area contributed by atoms with Gasteiger partial charge in [0.15, 0.2) is 0 Å². The molecule has 4 bridgehead atoms. The summed E-state index contributed by atoms with van der Waals surface area (Å²) >= 11 is 0. The van der Waals surface area contributed by atoms with Crippen molar-refractivity contribution >= 4 is 17.5 Å². The summed E-state index contributed by atoms with van der Waals surface area (Å²) in [5.41, 5.74) is 2.43. The van der Waals surface area contributed by atoms with Gasteiger partial charge >= 0.3 is 0 Å². The van der Waals surface area contributed by atoms with E-state index in [1.807, 2.05) is 30.5 Å². The lowest BCUT2D eigenvalue weighted by Gasteiger charge is -2.56. The van der Waals surface area contributed by atoms with Crippen LogP contribution >= 0.6 is 0 Å². The van der Waals surface area contributed by atoms with Crippen LogP contribution < -0.4 is 5.32 Å². The van der Waals surface area contributed by atoms with E-state index in [0.717, 1.165) is 29.8 Å². The van der Waals surface area contributed by atoms with Crippen molar-refractivity contribution < 1.29 is 4.79 Å². The molecule has 4 aliphatic carbocycles. The maximum atomic E-state index is 13.0. The summed E-state index contributed by atoms with van der Waals surface area (Å²) < 4.78 is 1.71. The fourth-order valence-corrected chi connectivity index (χ4v) is 6.30. The normalized spacial score (nSPS) is 31.4. The predicted octanol–water partition coefficient (Wildman–Crippen LogP) is 3.82. The Hall–Kier alpha value is -2.61. The fraction of sp³-hybridized carbons (Fsp3) is 0.500. The number of nitriles is 1. The highest BCUT2D eigenvalue weighted by molar-refractivity contribution is 6.00. The first-order chi connectivity index (χ1) is 13.1. The maximum Gasteiger partial charge on any atom is 0.253 e. The molecular formula is C22H24N4O. The first-order valence-electron chi connectivity index (χ1n) is 9.97. The van der Waals surface area contributed by atoms with Gasteiger partial charge < -0.3 is 5.32 Å². The summed E-state index contributed by atoms with van der Waals surface area (Å²) in [7, 11) is 0. The standard InChI is InChI=1S/C22H24N4O/c23-5-1-3-18-10-20-19(4-2-6-26(20)25-18)21(27)24-14-22-11-15-7-16(12-22)9-17(8-15)13-22/h1-4,6,10,15-17H,7-9,11-14H2,(H,24,27)/b3-1+. The third-order valence-corrected chi connectivity index (χ3v) is 6.88. The van der Waals surface area contributed by atoms with Crippen molar-refractivity contribution in [1.29, 1.82) is 5.26 Å². The van der Waals surface area contributed by atoms with Gasteiger partial charge in [0.05, 0.1) is 22.8 Å². The van der Waals surface area contributed by atoms with Gasteiger partial charge in [-0.3, -0.25) is 4.79 Å². The minimum Gasteiger partial charge on any atom is -0.351 e. The molecule has 6 rings (SSSR count). The van der Waals surface area contributed by atoms with Crippen molar-refractivity contribution in [2.45, 2.75) is 38.5 Å². The molecule has 0 saturated heterocycles. The van der Waals surface area contributed by atoms with E-state index >= 15 is 0 Å². The average Bonchev–Trinajstić information content (AvgIpc) is 3.06. The molecule has 5 nitrogen and oxygen atoms in total. The van der Waals surface area contributed by atoms with E-state index < -0.39 is 0 Å². The Kier molecular flexibility index (Phi) is 3.82. The van der Waals surface area contributed by atoms with E-state index in [9.17, 15) is 4.79 Å². The van der Waals surface area contributed by atoms with Crippen LogP contribution in [0.2, 0.25) is 0 Å². The van der Waals surface area contributed by atoms with E-state index in [4.69, 9.17) is 5.26 Å². The number of fused-ring (bicyclic) bond motifs is 1. The molecule has 4 saturated carbocycles. The van der Waals surface area contributed by atoms with Crippen LogP contribution in [0.1, 0.15) is 54.6 Å². The molecule has 0 radical (unpaired) electrons. The third kappa shape index (κ3) is 2.93. The number of allylic oxidation sites excluding steroid dienone is 1. The Labute approximate surface area is 159 Å². The molecule has 0 aromatic carbocycles. The smallest absolute Gasteiger partial charge is 0.253 e. The van der Waals surface area contributed by atoms with Gasteiger partial charge in [-0.25, -0.2) is 4.52 Å². The monoisotopic (exact) mass is 360 g/mol. The van der Waals surface area contributed by atoms with Gasteiger partial charge in [0.25, 0.3) is 5.91 Å². The number of hydrogen-bond donors (Lipinski definition) is 1. The first-order valence-corrected chi connectivity index (χ1v) is 9.97. The first kappa shape index (κ1) is 16.6. The van der Waals surface area contributed by atoms with Crippen LogP contribution in [0.15, 0.2) is 30.5 Å². The molecule has 0 spiro atoms. The summed E-state index contributed by atoms with van der Waals surface area (Å²) in [5.74, 6) is 2.65. The van der Waals surface area contributed by atoms with Crippen LogP contribution in [-0.4, -0.2) is 22.1 Å². The maximum absolute atomic E-state index is 13.0. The summed E-state index contributed by atoms with van der Waals surface area (Å²) in [6.45, 7) is 0.797. The quantitative estimate of drug-likeness (QED) is 0.843. The van der Waals surface area contributed by atoms with E-state index in [0.29, 0.717) is 16.7 Å². The molecule has 0 atom stereocenters. The van der Waals surface area contributed by atoms with E-state index in [1.165, 1.54) is 44.6 Å². The van der Waals surface area contributed by atoms with Crippen molar-refractivity contribution in [3.63, 3.8) is 0 Å². The molecule has 5 heteroatoms. The van der Waals surface area contributed by atoms with Crippen molar-refractivity contribution in [2.24, 2.45) is 23.2 Å². The predicted molar refractivity (Wildman–Crippen MR) is 103 cm³/mol. The van der Waals surface area contributed by atoms with Crippen molar-refractivity contribution in [1.82, 2.24) is 14.9 Å². The van der Waals surface area contributed by atoms with Gasteiger partial charge in [0, 0.05) is 18.8 Å². The lowest BCUT2D eigenvalue weighted by atomic mass is 9.49. The van der Waals surface area contributed by atoms with Crippen LogP contribution in [0.25, 0.3) is 11.6 Å². The molecule has 2 aromatic heterocycles. The third-order valence-electron chi connectivity index (χ3n) is 6.88. The zero-order valence-corrected chi connectivity index (χ0v) is 15.4. The number of rotatable bonds is 4. The van der Waals surface area contributed by atoms with E-state index in [2.05, 4.69) is 10.4 Å². The Balaban J connectivity index is 1.35. The Morgan fingerprint density at radius 2 is 2.00 bits per heavy atom. The molecule has 2 aromatic rings. The van der Waals surface area contributed by atoms with E-state index in [1.54, 1.807) is 10.6 Å². The van der Waals surface area contributed by atoms with Gasteiger partial charge in [-0.2, -0.15) is 10.4 Å². The van der Waals surface area contributed by atoms with Crippen molar-refractivity contribution in [2.75, 3.05) is 6.54 Å². The summed E-state index contributed by atoms with van der Waals surface area (Å²) in [4.78, 5) is 13.0. The lowest BCUT2D eigenvalue weighted by molar-refractivity contribution is -0.0503. The summed E-state index contributed by atoms with van der Waals surface area (Å²) in [6, 6.07) is 7.52. The second kappa shape index (κ2) is 6.23.